The molecule has 0 aliphatic carbocycles. The van der Waals surface area contributed by atoms with Crippen LogP contribution in [-0.4, -0.2) is 29.0 Å². The lowest BCUT2D eigenvalue weighted by Gasteiger charge is -2.11. The molecule has 0 saturated heterocycles. The summed E-state index contributed by atoms with van der Waals surface area (Å²) >= 11 is 1.40. The maximum atomic E-state index is 12.1. The van der Waals surface area contributed by atoms with Crippen molar-refractivity contribution in [3.8, 4) is 5.75 Å². The van der Waals surface area contributed by atoms with Crippen molar-refractivity contribution in [1.29, 1.82) is 0 Å². The summed E-state index contributed by atoms with van der Waals surface area (Å²) in [5, 5.41) is 10.5. The average Bonchev–Trinajstić information content (AvgIpc) is 3.20. The highest BCUT2D eigenvalue weighted by atomic mass is 32.1. The van der Waals surface area contributed by atoms with Gasteiger partial charge < -0.3 is 4.74 Å². The van der Waals surface area contributed by atoms with E-state index in [1.807, 2.05) is 61.2 Å². The molecule has 0 aliphatic heterocycles. The minimum atomic E-state index is -0.199. The number of carbonyl (C=O) groups excluding carboxylic acids is 1. The van der Waals surface area contributed by atoms with E-state index in [0.717, 1.165) is 33.8 Å². The molecule has 1 aromatic carbocycles. The van der Waals surface area contributed by atoms with E-state index < -0.39 is 0 Å². The summed E-state index contributed by atoms with van der Waals surface area (Å²) < 4.78 is 7.41. The number of thiophene rings is 1. The molecule has 2 aromatic heterocycles. The summed E-state index contributed by atoms with van der Waals surface area (Å²) in [5.74, 6) is 0.591. The number of carbonyl (C=O) groups is 1. The van der Waals surface area contributed by atoms with Crippen LogP contribution in [0.2, 0.25) is 0 Å². The molecule has 140 valence electrons. The number of hydrazone groups is 1. The van der Waals surface area contributed by atoms with Gasteiger partial charge in [0, 0.05) is 11.3 Å². The van der Waals surface area contributed by atoms with Crippen LogP contribution in [0.25, 0.3) is 0 Å². The fraction of sp³-hybridized carbons (Fsp3) is 0.250. The van der Waals surface area contributed by atoms with Crippen molar-refractivity contribution in [2.45, 2.75) is 27.3 Å². The van der Waals surface area contributed by atoms with Crippen LogP contribution in [0.15, 0.2) is 40.8 Å². The van der Waals surface area contributed by atoms with Crippen LogP contribution in [0, 0.1) is 20.8 Å². The number of nitrogens with zero attached hydrogens (tertiary/aromatic N) is 3. The number of hydrogen-bond donors (Lipinski definition) is 1. The van der Waals surface area contributed by atoms with E-state index in [4.69, 9.17) is 4.74 Å². The number of methoxy groups -OCH3 is 1. The van der Waals surface area contributed by atoms with E-state index in [1.54, 1.807) is 13.3 Å². The van der Waals surface area contributed by atoms with Crippen molar-refractivity contribution in [2.24, 2.45) is 5.10 Å². The zero-order chi connectivity index (χ0) is 19.4. The molecule has 7 heteroatoms. The number of hydrogen-bond acceptors (Lipinski definition) is 5. The first kappa shape index (κ1) is 18.8. The standard InChI is InChI=1S/C20H22N4O2S/c1-13-7-8-27-19(13)20(25)22-21-11-16-5-6-18(26-4)17(10-16)12-24-15(3)9-14(2)23-24/h5-11H,12H2,1-4H3,(H,22,25)/b21-11-. The third-order valence-electron chi connectivity index (χ3n) is 4.18. The van der Waals surface area contributed by atoms with Crippen LogP contribution in [0.1, 0.15) is 37.7 Å². The Morgan fingerprint density at radius 1 is 1.30 bits per heavy atom. The van der Waals surface area contributed by atoms with Gasteiger partial charge in [-0.15, -0.1) is 11.3 Å². The molecule has 0 atom stereocenters. The van der Waals surface area contributed by atoms with E-state index >= 15 is 0 Å². The Labute approximate surface area is 162 Å². The van der Waals surface area contributed by atoms with Crippen molar-refractivity contribution >= 4 is 23.5 Å². The molecule has 0 fully saturated rings. The molecule has 6 nitrogen and oxygen atoms in total. The van der Waals surface area contributed by atoms with E-state index in [-0.39, 0.29) is 5.91 Å². The Morgan fingerprint density at radius 2 is 2.11 bits per heavy atom. The second kappa shape index (κ2) is 8.18. The van der Waals surface area contributed by atoms with Gasteiger partial charge in [0.25, 0.3) is 5.91 Å². The smallest absolute Gasteiger partial charge is 0.281 e. The fourth-order valence-electron chi connectivity index (χ4n) is 2.82. The molecule has 3 aromatic rings. The molecule has 0 unspecified atom stereocenters. The maximum absolute atomic E-state index is 12.1. The van der Waals surface area contributed by atoms with Crippen molar-refractivity contribution in [2.75, 3.05) is 7.11 Å². The molecule has 0 spiro atoms. The van der Waals surface area contributed by atoms with Crippen LogP contribution in [0.4, 0.5) is 0 Å². The Morgan fingerprint density at radius 3 is 2.74 bits per heavy atom. The highest BCUT2D eigenvalue weighted by Crippen LogP contribution is 2.21. The molecule has 0 saturated carbocycles. The fourth-order valence-corrected chi connectivity index (χ4v) is 3.64. The lowest BCUT2D eigenvalue weighted by Crippen LogP contribution is -2.17. The predicted octanol–water partition coefficient (Wildman–Crippen LogP) is 3.69. The summed E-state index contributed by atoms with van der Waals surface area (Å²) in [7, 11) is 1.65. The summed E-state index contributed by atoms with van der Waals surface area (Å²) in [6.45, 7) is 6.51. The Hall–Kier alpha value is -2.93. The van der Waals surface area contributed by atoms with Gasteiger partial charge in [0.05, 0.1) is 30.4 Å². The Balaban J connectivity index is 1.75. The molecule has 0 bridgehead atoms. The van der Waals surface area contributed by atoms with Crippen molar-refractivity contribution in [3.05, 3.63) is 68.7 Å². The van der Waals surface area contributed by atoms with Crippen LogP contribution < -0.4 is 10.2 Å². The van der Waals surface area contributed by atoms with E-state index in [0.29, 0.717) is 11.4 Å². The molecule has 2 heterocycles. The van der Waals surface area contributed by atoms with Gasteiger partial charge in [0.2, 0.25) is 0 Å². The highest BCUT2D eigenvalue weighted by molar-refractivity contribution is 7.12. The minimum absolute atomic E-state index is 0.199. The number of aryl methyl sites for hydroxylation is 3. The van der Waals surface area contributed by atoms with Gasteiger partial charge in [-0.25, -0.2) is 5.43 Å². The Kier molecular flexibility index (Phi) is 5.71. The van der Waals surface area contributed by atoms with Gasteiger partial charge in [0.1, 0.15) is 5.75 Å². The molecule has 1 amide bonds. The number of amides is 1. The second-order valence-corrected chi connectivity index (χ2v) is 7.20. The highest BCUT2D eigenvalue weighted by Gasteiger charge is 2.10. The zero-order valence-electron chi connectivity index (χ0n) is 15.8. The van der Waals surface area contributed by atoms with Crippen molar-refractivity contribution in [3.63, 3.8) is 0 Å². The van der Waals surface area contributed by atoms with Gasteiger partial charge >= 0.3 is 0 Å². The average molecular weight is 382 g/mol. The van der Waals surface area contributed by atoms with Crippen molar-refractivity contribution < 1.29 is 9.53 Å². The molecule has 3 rings (SSSR count). The number of aromatic nitrogens is 2. The summed E-state index contributed by atoms with van der Waals surface area (Å²) in [4.78, 5) is 12.8. The van der Waals surface area contributed by atoms with Crippen LogP contribution in [-0.2, 0) is 6.54 Å². The molecular weight excluding hydrogens is 360 g/mol. The van der Waals surface area contributed by atoms with Gasteiger partial charge in [-0.05, 0) is 67.6 Å². The van der Waals surface area contributed by atoms with Crippen LogP contribution in [0.3, 0.4) is 0 Å². The lowest BCUT2D eigenvalue weighted by molar-refractivity contribution is 0.0958. The van der Waals surface area contributed by atoms with Gasteiger partial charge in [-0.3, -0.25) is 9.48 Å². The third kappa shape index (κ3) is 4.43. The van der Waals surface area contributed by atoms with Crippen molar-refractivity contribution in [1.82, 2.24) is 15.2 Å². The minimum Gasteiger partial charge on any atom is -0.496 e. The van der Waals surface area contributed by atoms with E-state index in [1.165, 1.54) is 11.3 Å². The molecule has 0 radical (unpaired) electrons. The van der Waals surface area contributed by atoms with E-state index in [9.17, 15) is 4.79 Å². The third-order valence-corrected chi connectivity index (χ3v) is 5.19. The molecular formula is C20H22N4O2S. The quantitative estimate of drug-likeness (QED) is 0.522. The van der Waals surface area contributed by atoms with Crippen LogP contribution >= 0.6 is 11.3 Å². The number of nitrogens with one attached hydrogen (secondary N) is 1. The normalized spacial score (nSPS) is 11.1. The number of ether oxygens (including phenoxy) is 1. The molecule has 0 aliphatic rings. The van der Waals surface area contributed by atoms with E-state index in [2.05, 4.69) is 15.6 Å². The maximum Gasteiger partial charge on any atom is 0.281 e. The summed E-state index contributed by atoms with van der Waals surface area (Å²) in [5.41, 5.74) is 7.46. The monoisotopic (exact) mass is 382 g/mol. The first-order valence-electron chi connectivity index (χ1n) is 8.53. The van der Waals surface area contributed by atoms with Gasteiger partial charge in [-0.2, -0.15) is 10.2 Å². The van der Waals surface area contributed by atoms with Gasteiger partial charge in [0.15, 0.2) is 0 Å². The van der Waals surface area contributed by atoms with Crippen LogP contribution in [0.5, 0.6) is 5.75 Å². The molecule has 27 heavy (non-hydrogen) atoms. The number of benzene rings is 1. The second-order valence-electron chi connectivity index (χ2n) is 6.29. The van der Waals surface area contributed by atoms with Gasteiger partial charge in [-0.1, -0.05) is 0 Å². The largest absolute Gasteiger partial charge is 0.496 e. The predicted molar refractivity (Wildman–Crippen MR) is 108 cm³/mol. The lowest BCUT2D eigenvalue weighted by atomic mass is 10.1. The zero-order valence-corrected chi connectivity index (χ0v) is 16.6. The summed E-state index contributed by atoms with van der Waals surface area (Å²) in [6.07, 6.45) is 1.63. The topological polar surface area (TPSA) is 68.5 Å². The SMILES string of the molecule is COc1ccc(/C=N\NC(=O)c2sccc2C)cc1Cn1nc(C)cc1C. The first-order valence-corrected chi connectivity index (χ1v) is 9.41. The first-order chi connectivity index (χ1) is 13.0. The summed E-state index contributed by atoms with van der Waals surface area (Å²) in [6, 6.07) is 9.74. The molecule has 1 N–H and O–H groups in total. The Bertz CT molecular complexity index is 988. The number of rotatable bonds is 6.